The molecular formula is C24H28O4. The zero-order valence-corrected chi connectivity index (χ0v) is 17.2. The molecule has 0 amide bonds. The van der Waals surface area contributed by atoms with E-state index in [4.69, 9.17) is 9.47 Å². The van der Waals surface area contributed by atoms with Crippen LogP contribution in [0, 0.1) is 19.8 Å². The second-order valence-corrected chi connectivity index (χ2v) is 8.83. The first-order chi connectivity index (χ1) is 13.2. The number of ether oxygens (including phenoxy) is 2. The number of hydrogen-bond donors (Lipinski definition) is 1. The molecule has 2 aliphatic heterocycles. The molecule has 0 aliphatic carbocycles. The van der Waals surface area contributed by atoms with Crippen molar-refractivity contribution in [3.8, 4) is 5.75 Å². The molecule has 1 fully saturated rings. The molecule has 0 bridgehead atoms. The highest BCUT2D eigenvalue weighted by Gasteiger charge is 2.50. The largest absolute Gasteiger partial charge is 0.487 e. The van der Waals surface area contributed by atoms with Crippen LogP contribution in [0.25, 0.3) is 0 Å². The minimum absolute atomic E-state index is 0.0397. The van der Waals surface area contributed by atoms with Gasteiger partial charge in [0.2, 0.25) is 0 Å². The molecule has 4 rings (SSSR count). The quantitative estimate of drug-likeness (QED) is 0.755. The van der Waals surface area contributed by atoms with E-state index in [0.717, 1.165) is 17.7 Å². The predicted octanol–water partition coefficient (Wildman–Crippen LogP) is 5.42. The highest BCUT2D eigenvalue weighted by molar-refractivity contribution is 5.88. The fraction of sp³-hybridized carbons (Fsp3) is 0.458. The van der Waals surface area contributed by atoms with Crippen molar-refractivity contribution in [2.75, 3.05) is 0 Å². The van der Waals surface area contributed by atoms with Gasteiger partial charge in [0, 0.05) is 17.4 Å². The Hall–Kier alpha value is -2.33. The summed E-state index contributed by atoms with van der Waals surface area (Å²) < 4.78 is 12.9. The smallest absolute Gasteiger partial charge is 0.335 e. The predicted molar refractivity (Wildman–Crippen MR) is 108 cm³/mol. The van der Waals surface area contributed by atoms with E-state index in [-0.39, 0.29) is 35.2 Å². The zero-order chi connectivity index (χ0) is 20.2. The summed E-state index contributed by atoms with van der Waals surface area (Å²) in [4.78, 5) is 11.5. The Bertz CT molecular complexity index is 930. The fourth-order valence-corrected chi connectivity index (χ4v) is 4.93. The van der Waals surface area contributed by atoms with Gasteiger partial charge in [0.05, 0.1) is 17.8 Å². The van der Waals surface area contributed by atoms with E-state index in [9.17, 15) is 9.90 Å². The van der Waals surface area contributed by atoms with Crippen molar-refractivity contribution >= 4 is 5.97 Å². The lowest BCUT2D eigenvalue weighted by molar-refractivity contribution is -0.153. The molecule has 0 radical (unpaired) electrons. The van der Waals surface area contributed by atoms with Gasteiger partial charge in [-0.1, -0.05) is 23.8 Å². The first-order valence-electron chi connectivity index (χ1n) is 9.96. The second-order valence-electron chi connectivity index (χ2n) is 8.83. The number of aromatic carboxylic acids is 1. The van der Waals surface area contributed by atoms with Crippen LogP contribution in [0.3, 0.4) is 0 Å². The summed E-state index contributed by atoms with van der Waals surface area (Å²) in [7, 11) is 0. The molecule has 1 N–H and O–H groups in total. The van der Waals surface area contributed by atoms with Crippen LogP contribution < -0.4 is 4.74 Å². The van der Waals surface area contributed by atoms with Crippen molar-refractivity contribution in [1.29, 1.82) is 0 Å². The molecular weight excluding hydrogens is 352 g/mol. The van der Waals surface area contributed by atoms with Gasteiger partial charge in [0.25, 0.3) is 0 Å². The minimum Gasteiger partial charge on any atom is -0.487 e. The highest BCUT2D eigenvalue weighted by Crippen LogP contribution is 2.54. The SMILES string of the molecule is Cc1ccc([C@H]2C[C@H]3[C@H](O[C@H]2C)c2cc(C(=O)O)ccc2OC3(C)C)c(C)c1. The van der Waals surface area contributed by atoms with Crippen LogP contribution in [0.5, 0.6) is 5.75 Å². The molecule has 4 nitrogen and oxygen atoms in total. The van der Waals surface area contributed by atoms with Crippen molar-refractivity contribution in [2.45, 2.75) is 64.8 Å². The Kier molecular flexibility index (Phi) is 4.50. The van der Waals surface area contributed by atoms with Crippen molar-refractivity contribution in [3.63, 3.8) is 0 Å². The normalized spacial score (nSPS) is 28.0. The maximum absolute atomic E-state index is 11.5. The lowest BCUT2D eigenvalue weighted by atomic mass is 9.70. The van der Waals surface area contributed by atoms with Crippen molar-refractivity contribution in [2.24, 2.45) is 5.92 Å². The number of carboxylic acid groups (broad SMARTS) is 1. The second kappa shape index (κ2) is 6.63. The average molecular weight is 380 g/mol. The number of fused-ring (bicyclic) bond motifs is 3. The van der Waals surface area contributed by atoms with Crippen LogP contribution in [0.4, 0.5) is 0 Å². The summed E-state index contributed by atoms with van der Waals surface area (Å²) in [6.07, 6.45) is 0.826. The Morgan fingerprint density at radius 3 is 2.54 bits per heavy atom. The molecule has 1 saturated heterocycles. The van der Waals surface area contributed by atoms with Crippen LogP contribution in [0.1, 0.15) is 71.8 Å². The van der Waals surface area contributed by atoms with Gasteiger partial charge in [0.1, 0.15) is 11.4 Å². The van der Waals surface area contributed by atoms with Crippen LogP contribution in [0.2, 0.25) is 0 Å². The summed E-state index contributed by atoms with van der Waals surface area (Å²) in [5, 5.41) is 9.40. The van der Waals surface area contributed by atoms with Gasteiger partial charge < -0.3 is 14.6 Å². The zero-order valence-electron chi connectivity index (χ0n) is 17.2. The molecule has 0 unspecified atom stereocenters. The monoisotopic (exact) mass is 380 g/mol. The molecule has 28 heavy (non-hydrogen) atoms. The van der Waals surface area contributed by atoms with Crippen LogP contribution in [0.15, 0.2) is 36.4 Å². The molecule has 2 heterocycles. The Labute approximate surface area is 166 Å². The fourth-order valence-electron chi connectivity index (χ4n) is 4.93. The van der Waals surface area contributed by atoms with Gasteiger partial charge in [0.15, 0.2) is 0 Å². The third-order valence-electron chi connectivity index (χ3n) is 6.46. The van der Waals surface area contributed by atoms with Gasteiger partial charge in [-0.2, -0.15) is 0 Å². The molecule has 0 spiro atoms. The third-order valence-corrected chi connectivity index (χ3v) is 6.46. The van der Waals surface area contributed by atoms with E-state index in [1.54, 1.807) is 18.2 Å². The Balaban J connectivity index is 1.74. The average Bonchev–Trinajstić information content (AvgIpc) is 2.61. The lowest BCUT2D eigenvalue weighted by Crippen LogP contribution is -2.50. The van der Waals surface area contributed by atoms with Gasteiger partial charge in [-0.25, -0.2) is 4.79 Å². The van der Waals surface area contributed by atoms with E-state index in [1.165, 1.54) is 16.7 Å². The van der Waals surface area contributed by atoms with Gasteiger partial charge in [-0.05, 0) is 70.4 Å². The van der Waals surface area contributed by atoms with Crippen molar-refractivity contribution < 1.29 is 19.4 Å². The van der Waals surface area contributed by atoms with E-state index >= 15 is 0 Å². The van der Waals surface area contributed by atoms with Crippen molar-refractivity contribution in [1.82, 2.24) is 0 Å². The molecule has 2 aromatic carbocycles. The number of hydrogen-bond acceptors (Lipinski definition) is 3. The maximum Gasteiger partial charge on any atom is 0.335 e. The number of benzene rings is 2. The van der Waals surface area contributed by atoms with Crippen LogP contribution in [-0.2, 0) is 4.74 Å². The summed E-state index contributed by atoms with van der Waals surface area (Å²) in [5.41, 5.74) is 4.63. The van der Waals surface area contributed by atoms with Crippen LogP contribution in [-0.4, -0.2) is 22.8 Å². The summed E-state index contributed by atoms with van der Waals surface area (Å²) in [5.74, 6) is 0.231. The molecule has 4 atom stereocenters. The van der Waals surface area contributed by atoms with E-state index < -0.39 is 5.97 Å². The van der Waals surface area contributed by atoms with Crippen LogP contribution >= 0.6 is 0 Å². The van der Waals surface area contributed by atoms with E-state index in [1.807, 2.05) is 0 Å². The number of rotatable bonds is 2. The molecule has 148 valence electrons. The topological polar surface area (TPSA) is 55.8 Å². The molecule has 2 aliphatic rings. The summed E-state index contributed by atoms with van der Waals surface area (Å²) in [6.45, 7) is 10.6. The van der Waals surface area contributed by atoms with Crippen molar-refractivity contribution in [3.05, 3.63) is 64.2 Å². The summed E-state index contributed by atoms with van der Waals surface area (Å²) >= 11 is 0. The first kappa shape index (κ1) is 19.0. The molecule has 0 aromatic heterocycles. The minimum atomic E-state index is -0.929. The molecule has 2 aromatic rings. The highest BCUT2D eigenvalue weighted by atomic mass is 16.5. The number of aryl methyl sites for hydroxylation is 2. The standard InChI is InChI=1S/C24H28O4/c1-13-6-8-17(14(2)10-13)18-12-20-22(27-15(18)3)19-11-16(23(25)26)7-9-21(19)28-24(20,4)5/h6-11,15,18,20,22H,12H2,1-5H3,(H,25,26)/t15-,18-,20-,22+/m0/s1. The van der Waals surface area contributed by atoms with Gasteiger partial charge in [-0.3, -0.25) is 0 Å². The maximum atomic E-state index is 11.5. The van der Waals surface area contributed by atoms with Gasteiger partial charge >= 0.3 is 5.97 Å². The molecule has 4 heteroatoms. The van der Waals surface area contributed by atoms with E-state index in [2.05, 4.69) is 52.8 Å². The van der Waals surface area contributed by atoms with Gasteiger partial charge in [-0.15, -0.1) is 0 Å². The Morgan fingerprint density at radius 2 is 1.86 bits per heavy atom. The lowest BCUT2D eigenvalue weighted by Gasteiger charge is -2.51. The summed E-state index contributed by atoms with van der Waals surface area (Å²) in [6, 6.07) is 11.7. The molecule has 0 saturated carbocycles. The third kappa shape index (κ3) is 3.10. The number of carboxylic acids is 1. The number of carbonyl (C=O) groups is 1. The first-order valence-corrected chi connectivity index (χ1v) is 9.96. The Morgan fingerprint density at radius 1 is 1.11 bits per heavy atom. The van der Waals surface area contributed by atoms with E-state index in [0.29, 0.717) is 0 Å².